The molecule has 0 radical (unpaired) electrons. The van der Waals surface area contributed by atoms with Crippen LogP contribution >= 0.6 is 0 Å². The summed E-state index contributed by atoms with van der Waals surface area (Å²) in [5.41, 5.74) is 1.19. The summed E-state index contributed by atoms with van der Waals surface area (Å²) in [5.74, 6) is 0. The van der Waals surface area contributed by atoms with Crippen LogP contribution in [0.1, 0.15) is 92.7 Å². The fraction of sp³-hybridized carbons (Fsp3) is 0.840. The molecule has 0 aliphatic rings. The second-order valence-electron chi connectivity index (χ2n) is 10.9. The molecule has 0 aliphatic heterocycles. The Labute approximate surface area is 193 Å². The van der Waals surface area contributed by atoms with Gasteiger partial charge in [-0.25, -0.2) is 0 Å². The van der Waals surface area contributed by atoms with Gasteiger partial charge in [0, 0.05) is 0 Å². The molecule has 0 fully saturated rings. The van der Waals surface area contributed by atoms with Gasteiger partial charge >= 0.3 is 194 Å². The third kappa shape index (κ3) is 8.53. The molecule has 0 aliphatic carbocycles. The molecule has 0 aromatic carbocycles. The maximum atomic E-state index is 6.62. The van der Waals surface area contributed by atoms with Gasteiger partial charge in [0.2, 0.25) is 0 Å². The summed E-state index contributed by atoms with van der Waals surface area (Å²) in [4.78, 5) is 10.2. The number of hydrogen-bond donors (Lipinski definition) is 0. The van der Waals surface area contributed by atoms with Crippen molar-refractivity contribution in [2.75, 3.05) is 0 Å². The van der Waals surface area contributed by atoms with E-state index in [1.807, 2.05) is 6.20 Å². The van der Waals surface area contributed by atoms with Crippen LogP contribution in [0.25, 0.3) is 0 Å². The maximum absolute atomic E-state index is 6.62. The summed E-state index contributed by atoms with van der Waals surface area (Å²) in [6.45, 7) is 20.8. The van der Waals surface area contributed by atoms with Crippen LogP contribution < -0.4 is 3.84 Å². The number of rotatable bonds is 14. The molecule has 1 aromatic rings. The quantitative estimate of drug-likeness (QED) is 0.229. The zero-order valence-corrected chi connectivity index (χ0v) is 25.5. The van der Waals surface area contributed by atoms with Crippen LogP contribution in [-0.2, 0) is 10.8 Å². The molecule has 1 heterocycles. The van der Waals surface area contributed by atoms with E-state index in [4.69, 9.17) is 14.4 Å². The molecule has 5 heteroatoms. The molecule has 0 saturated carbocycles. The standard InChI is InChI=1S/C13H23N2OSi.3C4H9.Sn/c1-11(9-12-7-8-14-10-15-12)16-17(5,6)13(2,3)4;3*1-3-4-2;/h7-8,11H,9H2,1-6H3;3*1,3-4H2,2H3;/t11-;;;;/m1..../s1. The predicted octanol–water partition coefficient (Wildman–Crippen LogP) is 7.49. The Balaban J connectivity index is 3.10. The Morgan fingerprint density at radius 3 is 1.90 bits per heavy atom. The van der Waals surface area contributed by atoms with E-state index in [0.29, 0.717) is 0 Å². The predicted molar refractivity (Wildman–Crippen MR) is 138 cm³/mol. The Kier molecular flexibility index (Phi) is 12.1. The van der Waals surface area contributed by atoms with Crippen LogP contribution in [0, 0.1) is 0 Å². The van der Waals surface area contributed by atoms with Gasteiger partial charge < -0.3 is 0 Å². The third-order valence-corrected chi connectivity index (χ3v) is 26.2. The van der Waals surface area contributed by atoms with Crippen LogP contribution in [0.5, 0.6) is 0 Å². The van der Waals surface area contributed by atoms with E-state index >= 15 is 0 Å². The molecule has 1 atom stereocenters. The average Bonchev–Trinajstić information content (AvgIpc) is 2.66. The van der Waals surface area contributed by atoms with Gasteiger partial charge in [-0.05, 0) is 0 Å². The number of nitrogens with zero attached hydrogens (tertiary/aromatic N) is 2. The molecular formula is C25H50N2OSiSn. The van der Waals surface area contributed by atoms with Crippen LogP contribution in [0.15, 0.2) is 12.3 Å². The van der Waals surface area contributed by atoms with Crippen LogP contribution in [0.4, 0.5) is 0 Å². The van der Waals surface area contributed by atoms with E-state index in [2.05, 4.69) is 67.6 Å². The van der Waals surface area contributed by atoms with Crippen molar-refractivity contribution in [3.63, 3.8) is 0 Å². The van der Waals surface area contributed by atoms with Crippen molar-refractivity contribution in [1.29, 1.82) is 0 Å². The molecule has 0 saturated heterocycles. The van der Waals surface area contributed by atoms with Crippen LogP contribution in [-0.4, -0.2) is 42.8 Å². The normalized spacial score (nSPS) is 14.2. The fourth-order valence-electron chi connectivity index (χ4n) is 4.04. The Morgan fingerprint density at radius 2 is 1.47 bits per heavy atom. The van der Waals surface area contributed by atoms with Crippen molar-refractivity contribution in [1.82, 2.24) is 9.97 Å². The fourth-order valence-corrected chi connectivity index (χ4v) is 20.4. The van der Waals surface area contributed by atoms with Gasteiger partial charge in [-0.3, -0.25) is 0 Å². The first-order valence-electron chi connectivity index (χ1n) is 12.5. The second-order valence-corrected chi connectivity index (χ2v) is 28.5. The summed E-state index contributed by atoms with van der Waals surface area (Å²) in [5, 5.41) is 0.240. The van der Waals surface area contributed by atoms with Crippen molar-refractivity contribution >= 4 is 30.5 Å². The first-order valence-corrected chi connectivity index (χ1v) is 22.9. The van der Waals surface area contributed by atoms with Gasteiger partial charge in [0.05, 0.1) is 0 Å². The summed E-state index contributed by atoms with van der Waals surface area (Å²) < 4.78 is 12.2. The van der Waals surface area contributed by atoms with Crippen molar-refractivity contribution in [2.24, 2.45) is 0 Å². The Hall–Kier alpha value is 0.0556. The van der Waals surface area contributed by atoms with Gasteiger partial charge in [0.15, 0.2) is 0 Å². The van der Waals surface area contributed by atoms with E-state index in [0.717, 1.165) is 6.42 Å². The molecule has 0 spiro atoms. The number of hydrogen-bond acceptors (Lipinski definition) is 3. The number of unbranched alkanes of at least 4 members (excludes halogenated alkanes) is 3. The molecule has 0 amide bonds. The minimum atomic E-state index is -2.56. The molecule has 0 bridgehead atoms. The van der Waals surface area contributed by atoms with Crippen molar-refractivity contribution < 1.29 is 4.43 Å². The molecule has 3 nitrogen and oxygen atoms in total. The van der Waals surface area contributed by atoms with E-state index in [1.54, 1.807) is 0 Å². The van der Waals surface area contributed by atoms with Gasteiger partial charge in [-0.1, -0.05) is 0 Å². The summed E-state index contributed by atoms with van der Waals surface area (Å²) in [6.07, 6.45) is 11.1. The van der Waals surface area contributed by atoms with E-state index < -0.39 is 26.7 Å². The topological polar surface area (TPSA) is 35.0 Å². The summed E-state index contributed by atoms with van der Waals surface area (Å²) in [7, 11) is -1.76. The molecule has 174 valence electrons. The Morgan fingerprint density at radius 1 is 0.967 bits per heavy atom. The molecule has 1 rings (SSSR count). The molecule has 30 heavy (non-hydrogen) atoms. The average molecular weight is 541 g/mol. The molecule has 1 aromatic heterocycles. The van der Waals surface area contributed by atoms with Gasteiger partial charge in [0.25, 0.3) is 0 Å². The zero-order chi connectivity index (χ0) is 22.8. The summed E-state index contributed by atoms with van der Waals surface area (Å²) in [6, 6.07) is 2.13. The van der Waals surface area contributed by atoms with Crippen molar-refractivity contribution in [3.05, 3.63) is 18.0 Å². The van der Waals surface area contributed by atoms with Crippen LogP contribution in [0.2, 0.25) is 31.4 Å². The van der Waals surface area contributed by atoms with Crippen molar-refractivity contribution in [3.8, 4) is 0 Å². The van der Waals surface area contributed by atoms with E-state index in [1.165, 1.54) is 61.4 Å². The second kappa shape index (κ2) is 12.9. The monoisotopic (exact) mass is 542 g/mol. The van der Waals surface area contributed by atoms with E-state index in [9.17, 15) is 0 Å². The number of aromatic nitrogens is 2. The Bertz CT molecular complexity index is 594. The first-order chi connectivity index (χ1) is 14.0. The van der Waals surface area contributed by atoms with Gasteiger partial charge in [-0.15, -0.1) is 0 Å². The molecular weight excluding hydrogens is 491 g/mol. The van der Waals surface area contributed by atoms with Gasteiger partial charge in [0.1, 0.15) is 0 Å². The summed E-state index contributed by atoms with van der Waals surface area (Å²) >= 11 is -2.56. The molecule has 0 N–H and O–H groups in total. The van der Waals surface area contributed by atoms with E-state index in [-0.39, 0.29) is 11.1 Å². The SMILES string of the molecule is CCC[CH2][Sn]([CH2]CCC)([CH2]CCC)[c]1nccc(C[C@@H](C)O[Si](C)(C)C(C)(C)C)n1. The van der Waals surface area contributed by atoms with Crippen molar-refractivity contribution in [2.45, 2.75) is 131 Å². The van der Waals surface area contributed by atoms with Crippen LogP contribution in [0.3, 0.4) is 0 Å². The first kappa shape index (κ1) is 28.1. The minimum absolute atomic E-state index is 0.208. The molecule has 0 unspecified atom stereocenters. The third-order valence-electron chi connectivity index (χ3n) is 7.01. The zero-order valence-electron chi connectivity index (χ0n) is 21.6. The van der Waals surface area contributed by atoms with Gasteiger partial charge in [-0.2, -0.15) is 0 Å².